The van der Waals surface area contributed by atoms with Crippen molar-refractivity contribution in [3.63, 3.8) is 0 Å². The second-order valence-electron chi connectivity index (χ2n) is 4.99. The van der Waals surface area contributed by atoms with E-state index in [2.05, 4.69) is 9.97 Å². The van der Waals surface area contributed by atoms with E-state index >= 15 is 0 Å². The van der Waals surface area contributed by atoms with Crippen molar-refractivity contribution in [2.24, 2.45) is 0 Å². The SMILES string of the molecule is Cc1ccc([N+](=O)[O-])c(Oc2cc(Cl)nc(C3CC3)n2)c1. The van der Waals surface area contributed by atoms with E-state index in [0.29, 0.717) is 11.7 Å². The van der Waals surface area contributed by atoms with E-state index in [1.165, 1.54) is 12.1 Å². The molecule has 0 saturated heterocycles. The fourth-order valence-electron chi connectivity index (χ4n) is 1.96. The Morgan fingerprint density at radius 1 is 1.33 bits per heavy atom. The lowest BCUT2D eigenvalue weighted by atomic mass is 10.2. The molecule has 1 fully saturated rings. The average Bonchev–Trinajstić information content (AvgIpc) is 3.21. The second-order valence-corrected chi connectivity index (χ2v) is 5.38. The van der Waals surface area contributed by atoms with Crippen LogP contribution in [0.5, 0.6) is 11.6 Å². The van der Waals surface area contributed by atoms with Gasteiger partial charge in [0.25, 0.3) is 0 Å². The molecule has 0 unspecified atom stereocenters. The largest absolute Gasteiger partial charge is 0.432 e. The summed E-state index contributed by atoms with van der Waals surface area (Å²) in [5, 5.41) is 11.3. The highest BCUT2D eigenvalue weighted by Gasteiger charge is 2.28. The molecule has 2 aromatic rings. The predicted octanol–water partition coefficient (Wildman–Crippen LogP) is 4.02. The van der Waals surface area contributed by atoms with Crippen molar-refractivity contribution < 1.29 is 9.66 Å². The van der Waals surface area contributed by atoms with Gasteiger partial charge in [0.1, 0.15) is 11.0 Å². The summed E-state index contributed by atoms with van der Waals surface area (Å²) in [6.07, 6.45) is 2.06. The van der Waals surface area contributed by atoms with Crippen LogP contribution in [-0.2, 0) is 0 Å². The quantitative estimate of drug-likeness (QED) is 0.484. The van der Waals surface area contributed by atoms with Crippen molar-refractivity contribution in [2.45, 2.75) is 25.7 Å². The van der Waals surface area contributed by atoms with Crippen LogP contribution in [0, 0.1) is 17.0 Å². The van der Waals surface area contributed by atoms with Crippen molar-refractivity contribution in [2.75, 3.05) is 0 Å². The van der Waals surface area contributed by atoms with Gasteiger partial charge in [0.2, 0.25) is 11.6 Å². The number of nitro groups is 1. The summed E-state index contributed by atoms with van der Waals surface area (Å²) in [5.74, 6) is 1.33. The molecule has 6 nitrogen and oxygen atoms in total. The van der Waals surface area contributed by atoms with Crippen LogP contribution in [0.4, 0.5) is 5.69 Å². The standard InChI is InChI=1S/C14H12ClN3O3/c1-8-2-5-10(18(19)20)11(6-8)21-13-7-12(15)16-14(17-13)9-3-4-9/h2,5-7,9H,3-4H2,1H3. The first kappa shape index (κ1) is 13.8. The van der Waals surface area contributed by atoms with Crippen LogP contribution >= 0.6 is 11.6 Å². The molecule has 1 aliphatic rings. The fraction of sp³-hybridized carbons (Fsp3) is 0.286. The minimum Gasteiger partial charge on any atom is -0.432 e. The lowest BCUT2D eigenvalue weighted by molar-refractivity contribution is -0.385. The first-order valence-corrected chi connectivity index (χ1v) is 6.88. The van der Waals surface area contributed by atoms with E-state index in [1.807, 2.05) is 6.92 Å². The van der Waals surface area contributed by atoms with Crippen LogP contribution < -0.4 is 4.74 Å². The third kappa shape index (κ3) is 3.11. The molecule has 0 atom stereocenters. The molecule has 1 heterocycles. The zero-order valence-electron chi connectivity index (χ0n) is 11.2. The molecule has 0 spiro atoms. The number of halogens is 1. The maximum Gasteiger partial charge on any atom is 0.311 e. The Balaban J connectivity index is 1.96. The van der Waals surface area contributed by atoms with Crippen LogP contribution in [-0.4, -0.2) is 14.9 Å². The number of benzene rings is 1. The summed E-state index contributed by atoms with van der Waals surface area (Å²) < 4.78 is 5.57. The molecule has 0 N–H and O–H groups in total. The van der Waals surface area contributed by atoms with Gasteiger partial charge >= 0.3 is 5.69 Å². The maximum atomic E-state index is 11.0. The number of hydrogen-bond donors (Lipinski definition) is 0. The Kier molecular flexibility index (Phi) is 3.47. The van der Waals surface area contributed by atoms with Gasteiger partial charge in [-0.3, -0.25) is 10.1 Å². The Hall–Kier alpha value is -2.21. The summed E-state index contributed by atoms with van der Waals surface area (Å²) in [6, 6.07) is 6.13. The van der Waals surface area contributed by atoms with Gasteiger partial charge in [0.15, 0.2) is 0 Å². The van der Waals surface area contributed by atoms with E-state index in [4.69, 9.17) is 16.3 Å². The zero-order valence-corrected chi connectivity index (χ0v) is 12.0. The molecule has 21 heavy (non-hydrogen) atoms. The molecule has 0 amide bonds. The Morgan fingerprint density at radius 2 is 2.10 bits per heavy atom. The minimum atomic E-state index is -0.487. The topological polar surface area (TPSA) is 78.2 Å². The van der Waals surface area contributed by atoms with Gasteiger partial charge in [-0.15, -0.1) is 0 Å². The highest BCUT2D eigenvalue weighted by atomic mass is 35.5. The summed E-state index contributed by atoms with van der Waals surface area (Å²) in [5.41, 5.74) is 0.751. The van der Waals surface area contributed by atoms with E-state index in [0.717, 1.165) is 18.4 Å². The number of ether oxygens (including phenoxy) is 1. The first-order chi connectivity index (χ1) is 10.0. The summed E-state index contributed by atoms with van der Waals surface area (Å²) in [7, 11) is 0. The lowest BCUT2D eigenvalue weighted by Gasteiger charge is -2.08. The Morgan fingerprint density at radius 3 is 2.76 bits per heavy atom. The summed E-state index contributed by atoms with van der Waals surface area (Å²) in [6.45, 7) is 1.83. The van der Waals surface area contributed by atoms with Crippen LogP contribution in [0.1, 0.15) is 30.1 Å². The maximum absolute atomic E-state index is 11.0. The van der Waals surface area contributed by atoms with Crippen LogP contribution in [0.3, 0.4) is 0 Å². The van der Waals surface area contributed by atoms with Gasteiger partial charge in [0.05, 0.1) is 4.92 Å². The number of aromatic nitrogens is 2. The molecule has 0 bridgehead atoms. The molecular weight excluding hydrogens is 294 g/mol. The molecular formula is C14H12ClN3O3. The summed E-state index contributed by atoms with van der Waals surface area (Å²) >= 11 is 5.96. The van der Waals surface area contributed by atoms with E-state index < -0.39 is 4.92 Å². The average molecular weight is 306 g/mol. The number of nitrogens with zero attached hydrogens (tertiary/aromatic N) is 3. The fourth-order valence-corrected chi connectivity index (χ4v) is 2.14. The molecule has 7 heteroatoms. The zero-order chi connectivity index (χ0) is 15.0. The molecule has 3 rings (SSSR count). The van der Waals surface area contributed by atoms with E-state index in [9.17, 15) is 10.1 Å². The molecule has 1 aromatic carbocycles. The first-order valence-electron chi connectivity index (χ1n) is 6.50. The molecule has 1 saturated carbocycles. The molecule has 1 aromatic heterocycles. The molecule has 0 aliphatic heterocycles. The third-order valence-electron chi connectivity index (χ3n) is 3.16. The third-order valence-corrected chi connectivity index (χ3v) is 3.35. The molecule has 0 radical (unpaired) electrons. The lowest BCUT2D eigenvalue weighted by Crippen LogP contribution is -1.99. The number of aryl methyl sites for hydroxylation is 1. The van der Waals surface area contributed by atoms with Gasteiger partial charge in [-0.25, -0.2) is 4.98 Å². The van der Waals surface area contributed by atoms with Crippen molar-refractivity contribution in [3.8, 4) is 11.6 Å². The van der Waals surface area contributed by atoms with E-state index in [-0.39, 0.29) is 22.5 Å². The Labute approximate surface area is 125 Å². The highest BCUT2D eigenvalue weighted by molar-refractivity contribution is 6.29. The number of nitro benzene ring substituents is 1. The van der Waals surface area contributed by atoms with Crippen molar-refractivity contribution in [1.82, 2.24) is 9.97 Å². The van der Waals surface area contributed by atoms with Crippen molar-refractivity contribution in [1.29, 1.82) is 0 Å². The van der Waals surface area contributed by atoms with Gasteiger partial charge in [0, 0.05) is 18.1 Å². The summed E-state index contributed by atoms with van der Waals surface area (Å²) in [4.78, 5) is 19.0. The second kappa shape index (κ2) is 5.29. The number of rotatable bonds is 4. The van der Waals surface area contributed by atoms with Crippen LogP contribution in [0.2, 0.25) is 5.15 Å². The number of hydrogen-bond acceptors (Lipinski definition) is 5. The Bertz CT molecular complexity index is 717. The normalized spacial score (nSPS) is 14.0. The predicted molar refractivity (Wildman–Crippen MR) is 76.9 cm³/mol. The van der Waals surface area contributed by atoms with Gasteiger partial charge in [-0.1, -0.05) is 17.7 Å². The van der Waals surface area contributed by atoms with Crippen LogP contribution in [0.25, 0.3) is 0 Å². The molecule has 108 valence electrons. The smallest absolute Gasteiger partial charge is 0.311 e. The van der Waals surface area contributed by atoms with Gasteiger partial charge in [-0.05, 0) is 31.4 Å². The van der Waals surface area contributed by atoms with Gasteiger partial charge < -0.3 is 4.74 Å². The minimum absolute atomic E-state index is 0.108. The van der Waals surface area contributed by atoms with Gasteiger partial charge in [-0.2, -0.15) is 4.98 Å². The van der Waals surface area contributed by atoms with Crippen molar-refractivity contribution >= 4 is 17.3 Å². The van der Waals surface area contributed by atoms with E-state index in [1.54, 1.807) is 12.1 Å². The highest BCUT2D eigenvalue weighted by Crippen LogP contribution is 2.40. The monoisotopic (exact) mass is 305 g/mol. The van der Waals surface area contributed by atoms with Crippen LogP contribution in [0.15, 0.2) is 24.3 Å². The molecule has 1 aliphatic carbocycles. The van der Waals surface area contributed by atoms with Crippen molar-refractivity contribution in [3.05, 3.63) is 50.9 Å².